The Hall–Kier alpha value is -0.840. The zero-order valence-electron chi connectivity index (χ0n) is 12.7. The first-order chi connectivity index (χ1) is 9.64. The van der Waals surface area contributed by atoms with Crippen molar-refractivity contribution < 1.29 is 0 Å². The largest absolute Gasteiger partial charge is 0.355 e. The number of nitrogens with zero attached hydrogens (tertiary/aromatic N) is 3. The van der Waals surface area contributed by atoms with Gasteiger partial charge in [0.15, 0.2) is 0 Å². The minimum absolute atomic E-state index is 0.460. The first kappa shape index (κ1) is 15.5. The normalized spacial score (nSPS) is 17.5. The Labute approximate surface area is 130 Å². The van der Waals surface area contributed by atoms with E-state index in [9.17, 15) is 0 Å². The molecule has 1 aromatic rings. The van der Waals surface area contributed by atoms with Gasteiger partial charge >= 0.3 is 0 Å². The van der Waals surface area contributed by atoms with Crippen LogP contribution in [0.1, 0.15) is 46.5 Å². The van der Waals surface area contributed by atoms with Crippen molar-refractivity contribution in [2.45, 2.75) is 46.5 Å². The van der Waals surface area contributed by atoms with Gasteiger partial charge in [-0.05, 0) is 47.0 Å². The van der Waals surface area contributed by atoms with Gasteiger partial charge in [-0.3, -0.25) is 0 Å². The van der Waals surface area contributed by atoms with Gasteiger partial charge < -0.3 is 10.2 Å². The summed E-state index contributed by atoms with van der Waals surface area (Å²) in [4.78, 5) is 11.4. The molecule has 20 heavy (non-hydrogen) atoms. The summed E-state index contributed by atoms with van der Waals surface area (Å²) in [6, 6.07) is 0. The fourth-order valence-electron chi connectivity index (χ4n) is 2.84. The first-order valence-electron chi connectivity index (χ1n) is 7.65. The summed E-state index contributed by atoms with van der Waals surface area (Å²) in [5.74, 6) is 1.76. The van der Waals surface area contributed by atoms with E-state index in [-0.39, 0.29) is 0 Å². The predicted octanol–water partition coefficient (Wildman–Crippen LogP) is 4.08. The zero-order chi connectivity index (χ0) is 14.6. The number of nitrogens with one attached hydrogen (secondary N) is 1. The number of rotatable bonds is 6. The van der Waals surface area contributed by atoms with Crippen LogP contribution in [-0.4, -0.2) is 29.6 Å². The van der Waals surface area contributed by atoms with Crippen molar-refractivity contribution in [1.29, 1.82) is 0 Å². The van der Waals surface area contributed by atoms with Gasteiger partial charge in [0.2, 0.25) is 5.95 Å². The lowest BCUT2D eigenvalue weighted by atomic mass is 9.82. The molecular weight excluding hydrogens is 316 g/mol. The van der Waals surface area contributed by atoms with E-state index >= 15 is 0 Å². The van der Waals surface area contributed by atoms with Crippen LogP contribution >= 0.6 is 15.9 Å². The molecule has 5 heteroatoms. The van der Waals surface area contributed by atoms with Crippen LogP contribution in [0.15, 0.2) is 10.7 Å². The lowest BCUT2D eigenvalue weighted by Gasteiger charge is -2.27. The van der Waals surface area contributed by atoms with E-state index in [0.29, 0.717) is 5.41 Å². The van der Waals surface area contributed by atoms with Crippen molar-refractivity contribution in [3.63, 3.8) is 0 Å². The van der Waals surface area contributed by atoms with E-state index in [0.717, 1.165) is 42.3 Å². The molecule has 0 saturated carbocycles. The van der Waals surface area contributed by atoms with Crippen LogP contribution < -0.4 is 10.2 Å². The quantitative estimate of drug-likeness (QED) is 0.847. The molecule has 2 rings (SSSR count). The Bertz CT molecular complexity index is 445. The van der Waals surface area contributed by atoms with E-state index in [2.05, 4.69) is 56.9 Å². The third kappa shape index (κ3) is 3.25. The highest BCUT2D eigenvalue weighted by Crippen LogP contribution is 2.40. The van der Waals surface area contributed by atoms with Gasteiger partial charge in [-0.1, -0.05) is 20.8 Å². The van der Waals surface area contributed by atoms with E-state index < -0.39 is 0 Å². The molecule has 1 N–H and O–H groups in total. The average molecular weight is 341 g/mol. The minimum atomic E-state index is 0.460. The lowest BCUT2D eigenvalue weighted by molar-refractivity contribution is 0.301. The number of hydrogen-bond acceptors (Lipinski definition) is 4. The van der Waals surface area contributed by atoms with Crippen molar-refractivity contribution in [3.8, 4) is 0 Å². The number of anilines is 2. The van der Waals surface area contributed by atoms with E-state index in [4.69, 9.17) is 0 Å². The average Bonchev–Trinajstić information content (AvgIpc) is 2.91. The molecule has 0 atom stereocenters. The van der Waals surface area contributed by atoms with Gasteiger partial charge in [0.1, 0.15) is 5.82 Å². The van der Waals surface area contributed by atoms with Crippen molar-refractivity contribution in [2.75, 3.05) is 29.9 Å². The maximum absolute atomic E-state index is 4.68. The molecule has 2 heterocycles. The van der Waals surface area contributed by atoms with Crippen LogP contribution in [0, 0.1) is 5.41 Å². The standard InChI is InChI=1S/C15H25BrN4/c1-4-8-17-14-18-10-12(16)13(19-14)20-9-7-15(5-2,6-3)11-20/h10H,4-9,11H2,1-3H3,(H,17,18,19). The summed E-state index contributed by atoms with van der Waals surface area (Å²) in [6.07, 6.45) is 6.67. The molecule has 1 saturated heterocycles. The van der Waals surface area contributed by atoms with Crippen molar-refractivity contribution >= 4 is 27.7 Å². The Morgan fingerprint density at radius 1 is 1.35 bits per heavy atom. The fourth-order valence-corrected chi connectivity index (χ4v) is 3.29. The first-order valence-corrected chi connectivity index (χ1v) is 8.44. The predicted molar refractivity (Wildman–Crippen MR) is 88.4 cm³/mol. The monoisotopic (exact) mass is 340 g/mol. The van der Waals surface area contributed by atoms with Gasteiger partial charge in [0, 0.05) is 25.8 Å². The molecule has 1 aliphatic heterocycles. The van der Waals surface area contributed by atoms with Crippen LogP contribution in [0.4, 0.5) is 11.8 Å². The topological polar surface area (TPSA) is 41.1 Å². The third-order valence-electron chi connectivity index (χ3n) is 4.50. The van der Waals surface area contributed by atoms with Crippen molar-refractivity contribution in [2.24, 2.45) is 5.41 Å². The number of halogens is 1. The highest BCUT2D eigenvalue weighted by atomic mass is 79.9. The van der Waals surface area contributed by atoms with Gasteiger partial charge in [0.05, 0.1) is 4.47 Å². The van der Waals surface area contributed by atoms with Crippen LogP contribution in [0.2, 0.25) is 0 Å². The van der Waals surface area contributed by atoms with Crippen LogP contribution in [0.25, 0.3) is 0 Å². The summed E-state index contributed by atoms with van der Waals surface area (Å²) in [6.45, 7) is 9.85. The van der Waals surface area contributed by atoms with Crippen LogP contribution in [0.3, 0.4) is 0 Å². The highest BCUT2D eigenvalue weighted by molar-refractivity contribution is 9.10. The van der Waals surface area contributed by atoms with Gasteiger partial charge in [-0.15, -0.1) is 0 Å². The third-order valence-corrected chi connectivity index (χ3v) is 5.06. The molecule has 1 aromatic heterocycles. The molecule has 4 nitrogen and oxygen atoms in total. The second kappa shape index (κ2) is 6.74. The van der Waals surface area contributed by atoms with E-state index in [1.54, 1.807) is 0 Å². The molecule has 0 radical (unpaired) electrons. The molecule has 0 amide bonds. The molecule has 112 valence electrons. The molecule has 0 unspecified atom stereocenters. The second-order valence-corrected chi connectivity index (χ2v) is 6.52. The highest BCUT2D eigenvalue weighted by Gasteiger charge is 2.36. The van der Waals surface area contributed by atoms with Crippen LogP contribution in [0.5, 0.6) is 0 Å². The lowest BCUT2D eigenvalue weighted by Crippen LogP contribution is -2.27. The van der Waals surface area contributed by atoms with Gasteiger partial charge in [-0.2, -0.15) is 4.98 Å². The minimum Gasteiger partial charge on any atom is -0.355 e. The Morgan fingerprint density at radius 3 is 2.70 bits per heavy atom. The molecule has 1 aliphatic rings. The van der Waals surface area contributed by atoms with Crippen molar-refractivity contribution in [1.82, 2.24) is 9.97 Å². The maximum Gasteiger partial charge on any atom is 0.224 e. The Balaban J connectivity index is 2.16. The smallest absolute Gasteiger partial charge is 0.224 e. The van der Waals surface area contributed by atoms with Crippen molar-refractivity contribution in [3.05, 3.63) is 10.7 Å². The van der Waals surface area contributed by atoms with Gasteiger partial charge in [0.25, 0.3) is 0 Å². The summed E-state index contributed by atoms with van der Waals surface area (Å²) >= 11 is 3.60. The Kier molecular flexibility index (Phi) is 5.24. The maximum atomic E-state index is 4.68. The molecule has 0 aromatic carbocycles. The fraction of sp³-hybridized carbons (Fsp3) is 0.733. The van der Waals surface area contributed by atoms with Gasteiger partial charge in [-0.25, -0.2) is 4.98 Å². The summed E-state index contributed by atoms with van der Waals surface area (Å²) in [7, 11) is 0. The summed E-state index contributed by atoms with van der Waals surface area (Å²) < 4.78 is 0.988. The summed E-state index contributed by atoms with van der Waals surface area (Å²) in [5.41, 5.74) is 0.460. The second-order valence-electron chi connectivity index (χ2n) is 5.67. The molecule has 1 fully saturated rings. The van der Waals surface area contributed by atoms with E-state index in [1.807, 2.05) is 6.20 Å². The molecule has 0 spiro atoms. The SMILES string of the molecule is CCCNc1ncc(Br)c(N2CCC(CC)(CC)C2)n1. The Morgan fingerprint density at radius 2 is 2.10 bits per heavy atom. The number of aromatic nitrogens is 2. The van der Waals surface area contributed by atoms with Crippen LogP contribution in [-0.2, 0) is 0 Å². The zero-order valence-corrected chi connectivity index (χ0v) is 14.3. The number of hydrogen-bond donors (Lipinski definition) is 1. The van der Waals surface area contributed by atoms with E-state index in [1.165, 1.54) is 19.3 Å². The molecule has 0 bridgehead atoms. The molecular formula is C15H25BrN4. The summed E-state index contributed by atoms with van der Waals surface area (Å²) in [5, 5.41) is 3.26. The molecule has 0 aliphatic carbocycles.